The maximum Gasteiger partial charge on any atom is 0.239 e. The Labute approximate surface area is 125 Å². The lowest BCUT2D eigenvalue weighted by Crippen LogP contribution is -2.46. The van der Waals surface area contributed by atoms with E-state index in [2.05, 4.69) is 15.9 Å². The molecule has 2 rings (SSSR count). The van der Waals surface area contributed by atoms with E-state index in [0.717, 1.165) is 24.3 Å². The lowest BCUT2D eigenvalue weighted by Gasteiger charge is -2.37. The van der Waals surface area contributed by atoms with E-state index < -0.39 is 0 Å². The van der Waals surface area contributed by atoms with Crippen LogP contribution in [0.1, 0.15) is 46.0 Å². The Morgan fingerprint density at radius 3 is 2.53 bits per heavy atom. The van der Waals surface area contributed by atoms with Crippen LogP contribution < -0.4 is 5.73 Å². The van der Waals surface area contributed by atoms with E-state index in [0.29, 0.717) is 5.41 Å². The molecule has 0 aromatic heterocycles. The second-order valence-corrected chi connectivity index (χ2v) is 7.52. The minimum absolute atomic E-state index is 0.162. The molecule has 3 nitrogen and oxygen atoms in total. The normalized spacial score (nSPS) is 33.1. The van der Waals surface area contributed by atoms with Crippen molar-refractivity contribution in [2.24, 2.45) is 23.0 Å². The highest BCUT2D eigenvalue weighted by molar-refractivity contribution is 9.09. The van der Waals surface area contributed by atoms with Crippen LogP contribution in [-0.2, 0) is 4.79 Å². The molecule has 4 heteroatoms. The van der Waals surface area contributed by atoms with Gasteiger partial charge in [-0.3, -0.25) is 4.79 Å². The highest BCUT2D eigenvalue weighted by atomic mass is 79.9. The van der Waals surface area contributed by atoms with Crippen LogP contribution in [0.2, 0.25) is 0 Å². The third kappa shape index (κ3) is 3.33. The average molecular weight is 331 g/mol. The first-order valence-electron chi connectivity index (χ1n) is 7.58. The summed E-state index contributed by atoms with van der Waals surface area (Å²) in [6.45, 7) is 5.91. The second-order valence-electron chi connectivity index (χ2n) is 6.88. The van der Waals surface area contributed by atoms with Gasteiger partial charge in [0.1, 0.15) is 0 Å². The summed E-state index contributed by atoms with van der Waals surface area (Å²) in [7, 11) is 0. The van der Waals surface area contributed by atoms with E-state index in [-0.39, 0.29) is 17.9 Å². The zero-order valence-corrected chi connectivity index (χ0v) is 13.8. The number of nitrogens with zero attached hydrogens (tertiary/aromatic N) is 1. The molecule has 1 unspecified atom stereocenters. The second kappa shape index (κ2) is 6.13. The van der Waals surface area contributed by atoms with Crippen LogP contribution in [0.5, 0.6) is 0 Å². The van der Waals surface area contributed by atoms with Crippen molar-refractivity contribution in [1.29, 1.82) is 0 Å². The molecular formula is C15H27BrN2O. The van der Waals surface area contributed by atoms with Crippen molar-refractivity contribution in [2.45, 2.75) is 52.0 Å². The summed E-state index contributed by atoms with van der Waals surface area (Å²) >= 11 is 3.60. The molecule has 1 heterocycles. The predicted molar refractivity (Wildman–Crippen MR) is 82.2 cm³/mol. The van der Waals surface area contributed by atoms with Gasteiger partial charge in [-0.15, -0.1) is 0 Å². The number of hydrogen-bond donors (Lipinski definition) is 1. The highest BCUT2D eigenvalue weighted by Gasteiger charge is 2.43. The van der Waals surface area contributed by atoms with Gasteiger partial charge in [0.15, 0.2) is 0 Å². The Kier molecular flexibility index (Phi) is 4.93. The Bertz CT molecular complexity index is 324. The number of alkyl halides is 1. The van der Waals surface area contributed by atoms with Gasteiger partial charge in [0, 0.05) is 18.4 Å². The van der Waals surface area contributed by atoms with Gasteiger partial charge in [-0.1, -0.05) is 29.8 Å². The first-order chi connectivity index (χ1) is 8.97. The van der Waals surface area contributed by atoms with Crippen LogP contribution in [0, 0.1) is 17.3 Å². The molecule has 1 spiro atoms. The van der Waals surface area contributed by atoms with Crippen molar-refractivity contribution in [3.63, 3.8) is 0 Å². The number of amides is 1. The molecule has 2 aliphatic rings. The van der Waals surface area contributed by atoms with E-state index in [1.165, 1.54) is 32.1 Å². The number of halogens is 1. The first-order valence-corrected chi connectivity index (χ1v) is 8.70. The number of carbonyl (C=O) groups excluding carboxylic acids is 1. The van der Waals surface area contributed by atoms with Crippen LogP contribution in [-0.4, -0.2) is 35.3 Å². The van der Waals surface area contributed by atoms with Crippen LogP contribution in [0.3, 0.4) is 0 Å². The van der Waals surface area contributed by atoms with Crippen molar-refractivity contribution in [3.8, 4) is 0 Å². The van der Waals surface area contributed by atoms with Gasteiger partial charge in [0.2, 0.25) is 5.91 Å². The van der Waals surface area contributed by atoms with Gasteiger partial charge in [-0.2, -0.15) is 0 Å². The fraction of sp³-hybridized carbons (Fsp3) is 0.933. The number of likely N-dealkylation sites (tertiary alicyclic amines) is 1. The predicted octanol–water partition coefficient (Wildman–Crippen LogP) is 2.77. The van der Waals surface area contributed by atoms with Gasteiger partial charge in [-0.25, -0.2) is 0 Å². The molecule has 1 saturated heterocycles. The first kappa shape index (κ1) is 15.3. The topological polar surface area (TPSA) is 46.3 Å². The van der Waals surface area contributed by atoms with Gasteiger partial charge in [0.05, 0.1) is 6.04 Å². The van der Waals surface area contributed by atoms with Crippen molar-refractivity contribution in [3.05, 3.63) is 0 Å². The molecule has 1 amide bonds. The largest absolute Gasteiger partial charge is 0.341 e. The van der Waals surface area contributed by atoms with Gasteiger partial charge in [0.25, 0.3) is 0 Å². The van der Waals surface area contributed by atoms with E-state index in [1.807, 2.05) is 18.7 Å². The minimum atomic E-state index is -0.325. The summed E-state index contributed by atoms with van der Waals surface area (Å²) in [4.78, 5) is 14.4. The highest BCUT2D eigenvalue weighted by Crippen LogP contribution is 2.45. The molecule has 2 N–H and O–H groups in total. The van der Waals surface area contributed by atoms with E-state index in [1.54, 1.807) is 0 Å². The molecule has 0 aromatic carbocycles. The summed E-state index contributed by atoms with van der Waals surface area (Å²) in [5, 5.41) is 1.13. The Morgan fingerprint density at radius 1 is 1.37 bits per heavy atom. The van der Waals surface area contributed by atoms with E-state index in [9.17, 15) is 4.79 Å². The number of nitrogens with two attached hydrogens (primary N) is 1. The van der Waals surface area contributed by atoms with Crippen molar-refractivity contribution < 1.29 is 4.79 Å². The molecule has 1 aliphatic heterocycles. The summed E-state index contributed by atoms with van der Waals surface area (Å²) in [6.07, 6.45) is 6.36. The number of rotatable bonds is 3. The molecule has 110 valence electrons. The molecule has 0 bridgehead atoms. The quantitative estimate of drug-likeness (QED) is 0.809. The zero-order valence-electron chi connectivity index (χ0n) is 12.2. The summed E-state index contributed by atoms with van der Waals surface area (Å²) in [6, 6.07) is -0.325. The van der Waals surface area contributed by atoms with Crippen molar-refractivity contribution in [2.75, 3.05) is 18.4 Å². The Hall–Kier alpha value is -0.0900. The Balaban J connectivity index is 1.91. The molecule has 0 aromatic rings. The summed E-state index contributed by atoms with van der Waals surface area (Å²) in [5.41, 5.74) is 6.41. The third-order valence-electron chi connectivity index (χ3n) is 5.14. The zero-order chi connectivity index (χ0) is 14.0. The molecule has 2 fully saturated rings. The molecule has 1 saturated carbocycles. The molecule has 1 aliphatic carbocycles. The molecule has 19 heavy (non-hydrogen) atoms. The van der Waals surface area contributed by atoms with Crippen molar-refractivity contribution >= 4 is 21.8 Å². The number of hydrogen-bond acceptors (Lipinski definition) is 2. The maximum atomic E-state index is 12.3. The maximum absolute atomic E-state index is 12.3. The standard InChI is InChI=1S/C15H27BrN2O/c1-11(2)13(17)14(19)18-8-7-15(10-18)5-3-12(9-16)4-6-15/h11-13H,3-10,17H2,1-2H3. The lowest BCUT2D eigenvalue weighted by atomic mass is 9.70. The van der Waals surface area contributed by atoms with E-state index in [4.69, 9.17) is 5.73 Å². The van der Waals surface area contributed by atoms with E-state index >= 15 is 0 Å². The monoisotopic (exact) mass is 330 g/mol. The fourth-order valence-electron chi connectivity index (χ4n) is 3.47. The van der Waals surface area contributed by atoms with Crippen LogP contribution >= 0.6 is 15.9 Å². The lowest BCUT2D eigenvalue weighted by molar-refractivity contribution is -0.133. The van der Waals surface area contributed by atoms with Gasteiger partial charge < -0.3 is 10.6 Å². The molecule has 0 radical (unpaired) electrons. The molecular weight excluding hydrogens is 304 g/mol. The van der Waals surface area contributed by atoms with Gasteiger partial charge in [-0.05, 0) is 49.4 Å². The smallest absolute Gasteiger partial charge is 0.239 e. The SMILES string of the molecule is CC(C)C(N)C(=O)N1CCC2(CCC(CBr)CC2)C1. The van der Waals surface area contributed by atoms with Gasteiger partial charge >= 0.3 is 0 Å². The summed E-state index contributed by atoms with van der Waals surface area (Å²) < 4.78 is 0. The summed E-state index contributed by atoms with van der Waals surface area (Å²) in [5.74, 6) is 1.23. The number of carbonyl (C=O) groups is 1. The fourth-order valence-corrected chi connectivity index (χ4v) is 4.12. The molecule has 1 atom stereocenters. The van der Waals surface area contributed by atoms with Crippen molar-refractivity contribution in [1.82, 2.24) is 4.90 Å². The third-order valence-corrected chi connectivity index (χ3v) is 6.05. The average Bonchev–Trinajstić information content (AvgIpc) is 2.82. The van der Waals surface area contributed by atoms with Crippen LogP contribution in [0.15, 0.2) is 0 Å². The minimum Gasteiger partial charge on any atom is -0.341 e. The Morgan fingerprint density at radius 2 is 2.00 bits per heavy atom. The van der Waals surface area contributed by atoms with Crippen LogP contribution in [0.4, 0.5) is 0 Å². The van der Waals surface area contributed by atoms with Crippen LogP contribution in [0.25, 0.3) is 0 Å².